The van der Waals surface area contributed by atoms with Crippen LogP contribution in [0.3, 0.4) is 0 Å². The van der Waals surface area contributed by atoms with Crippen LogP contribution < -0.4 is 5.32 Å². The first-order chi connectivity index (χ1) is 6.66. The molecule has 14 heavy (non-hydrogen) atoms. The summed E-state index contributed by atoms with van der Waals surface area (Å²) >= 11 is 0. The van der Waals surface area contributed by atoms with Crippen molar-refractivity contribution in [1.29, 1.82) is 0 Å². The summed E-state index contributed by atoms with van der Waals surface area (Å²) in [4.78, 5) is 2.29. The van der Waals surface area contributed by atoms with Crippen molar-refractivity contribution in [2.45, 2.75) is 20.8 Å². The van der Waals surface area contributed by atoms with Gasteiger partial charge in [0.15, 0.2) is 0 Å². The highest BCUT2D eigenvalue weighted by atomic mass is 16.5. The Morgan fingerprint density at radius 1 is 1.29 bits per heavy atom. The molecule has 0 unspecified atom stereocenters. The van der Waals surface area contributed by atoms with Crippen molar-refractivity contribution in [2.24, 2.45) is 5.92 Å². The fourth-order valence-corrected chi connectivity index (χ4v) is 1.02. The van der Waals surface area contributed by atoms with Crippen LogP contribution in [0.4, 0.5) is 0 Å². The Labute approximate surface area is 88.8 Å². The van der Waals surface area contributed by atoms with Crippen LogP contribution in [0.15, 0.2) is 0 Å². The topological polar surface area (TPSA) is 24.5 Å². The minimum atomic E-state index is 0.640. The molecule has 3 nitrogen and oxygen atoms in total. The molecule has 0 bridgehead atoms. The zero-order chi connectivity index (χ0) is 10.8. The van der Waals surface area contributed by atoms with E-state index in [9.17, 15) is 0 Å². The molecule has 0 amide bonds. The monoisotopic (exact) mass is 202 g/mol. The van der Waals surface area contributed by atoms with Crippen LogP contribution in [-0.2, 0) is 4.74 Å². The lowest BCUT2D eigenvalue weighted by molar-refractivity contribution is 0.111. The van der Waals surface area contributed by atoms with E-state index in [0.717, 1.165) is 39.4 Å². The lowest BCUT2D eigenvalue weighted by Crippen LogP contribution is -2.31. The first-order valence-corrected chi connectivity index (χ1v) is 5.63. The fourth-order valence-electron chi connectivity index (χ4n) is 1.02. The van der Waals surface area contributed by atoms with Gasteiger partial charge in [0.05, 0.1) is 6.61 Å². The largest absolute Gasteiger partial charge is 0.380 e. The van der Waals surface area contributed by atoms with Gasteiger partial charge in [-0.1, -0.05) is 20.8 Å². The molecule has 0 aliphatic heterocycles. The molecule has 0 aliphatic carbocycles. The summed E-state index contributed by atoms with van der Waals surface area (Å²) in [5, 5.41) is 3.36. The van der Waals surface area contributed by atoms with Crippen LogP contribution in [0.1, 0.15) is 20.8 Å². The lowest BCUT2D eigenvalue weighted by atomic mass is 10.2. The Morgan fingerprint density at radius 2 is 2.00 bits per heavy atom. The number of nitrogens with one attached hydrogen (secondary N) is 1. The molecule has 0 aromatic heterocycles. The molecular weight excluding hydrogens is 176 g/mol. The lowest BCUT2D eigenvalue weighted by Gasteiger charge is -2.14. The summed E-state index contributed by atoms with van der Waals surface area (Å²) in [6.07, 6.45) is 0. The van der Waals surface area contributed by atoms with E-state index in [2.05, 4.69) is 38.0 Å². The molecule has 0 aliphatic rings. The van der Waals surface area contributed by atoms with Crippen LogP contribution in [0.25, 0.3) is 0 Å². The van der Waals surface area contributed by atoms with Crippen LogP contribution >= 0.6 is 0 Å². The van der Waals surface area contributed by atoms with Gasteiger partial charge in [0.2, 0.25) is 0 Å². The van der Waals surface area contributed by atoms with E-state index in [4.69, 9.17) is 4.74 Å². The van der Waals surface area contributed by atoms with Gasteiger partial charge in [0.25, 0.3) is 0 Å². The number of hydrogen-bond donors (Lipinski definition) is 1. The standard InChI is InChI=1S/C11H26N2O/c1-5-13(4)8-6-12-7-9-14-10-11(2)3/h11-12H,5-10H2,1-4H3. The van der Waals surface area contributed by atoms with Gasteiger partial charge < -0.3 is 15.0 Å². The predicted octanol–water partition coefficient (Wildman–Crippen LogP) is 1.20. The average Bonchev–Trinajstić information content (AvgIpc) is 2.15. The van der Waals surface area contributed by atoms with E-state index in [1.807, 2.05) is 0 Å². The summed E-state index contributed by atoms with van der Waals surface area (Å²) in [5.41, 5.74) is 0. The molecular formula is C11H26N2O. The van der Waals surface area contributed by atoms with E-state index in [-0.39, 0.29) is 0 Å². The minimum absolute atomic E-state index is 0.640. The molecule has 0 radical (unpaired) electrons. The first kappa shape index (κ1) is 13.9. The molecule has 0 atom stereocenters. The molecule has 86 valence electrons. The number of hydrogen-bond acceptors (Lipinski definition) is 3. The summed E-state index contributed by atoms with van der Waals surface area (Å²) in [7, 11) is 2.14. The third-order valence-electron chi connectivity index (χ3n) is 2.08. The van der Waals surface area contributed by atoms with Gasteiger partial charge in [0, 0.05) is 26.2 Å². The zero-order valence-electron chi connectivity index (χ0n) is 10.2. The summed E-state index contributed by atoms with van der Waals surface area (Å²) < 4.78 is 5.45. The average molecular weight is 202 g/mol. The Morgan fingerprint density at radius 3 is 2.57 bits per heavy atom. The third kappa shape index (κ3) is 9.96. The molecule has 3 heteroatoms. The smallest absolute Gasteiger partial charge is 0.0591 e. The maximum atomic E-state index is 5.45. The quantitative estimate of drug-likeness (QED) is 0.569. The van der Waals surface area contributed by atoms with Gasteiger partial charge in [-0.2, -0.15) is 0 Å². The Balaban J connectivity index is 2.99. The van der Waals surface area contributed by atoms with Crippen molar-refractivity contribution in [1.82, 2.24) is 10.2 Å². The van der Waals surface area contributed by atoms with E-state index < -0.39 is 0 Å². The number of ether oxygens (including phenoxy) is 1. The van der Waals surface area contributed by atoms with Crippen molar-refractivity contribution < 1.29 is 4.74 Å². The van der Waals surface area contributed by atoms with E-state index in [1.54, 1.807) is 0 Å². The van der Waals surface area contributed by atoms with Crippen LogP contribution in [0.5, 0.6) is 0 Å². The molecule has 0 aromatic carbocycles. The second-order valence-electron chi connectivity index (χ2n) is 4.11. The fraction of sp³-hybridized carbons (Fsp3) is 1.00. The van der Waals surface area contributed by atoms with Gasteiger partial charge in [-0.05, 0) is 19.5 Å². The SMILES string of the molecule is CCN(C)CCNCCOCC(C)C. The molecule has 0 fully saturated rings. The summed E-state index contributed by atoms with van der Waals surface area (Å²) in [6.45, 7) is 12.5. The molecule has 1 N–H and O–H groups in total. The highest BCUT2D eigenvalue weighted by molar-refractivity contribution is 4.52. The normalized spacial score (nSPS) is 11.6. The highest BCUT2D eigenvalue weighted by Crippen LogP contribution is 1.90. The van der Waals surface area contributed by atoms with Crippen LogP contribution in [-0.4, -0.2) is 51.3 Å². The van der Waals surface area contributed by atoms with Gasteiger partial charge >= 0.3 is 0 Å². The van der Waals surface area contributed by atoms with Crippen LogP contribution in [0.2, 0.25) is 0 Å². The molecule has 0 saturated heterocycles. The van der Waals surface area contributed by atoms with Gasteiger partial charge in [0.1, 0.15) is 0 Å². The number of likely N-dealkylation sites (N-methyl/N-ethyl adjacent to an activating group) is 1. The zero-order valence-corrected chi connectivity index (χ0v) is 10.2. The van der Waals surface area contributed by atoms with E-state index >= 15 is 0 Å². The van der Waals surface area contributed by atoms with Crippen molar-refractivity contribution in [3.63, 3.8) is 0 Å². The van der Waals surface area contributed by atoms with E-state index in [1.165, 1.54) is 0 Å². The molecule has 0 spiro atoms. The number of nitrogens with zero attached hydrogens (tertiary/aromatic N) is 1. The van der Waals surface area contributed by atoms with Crippen molar-refractivity contribution in [3.05, 3.63) is 0 Å². The first-order valence-electron chi connectivity index (χ1n) is 5.63. The molecule has 0 saturated carbocycles. The second-order valence-corrected chi connectivity index (χ2v) is 4.11. The third-order valence-corrected chi connectivity index (χ3v) is 2.08. The predicted molar refractivity (Wildman–Crippen MR) is 61.7 cm³/mol. The number of rotatable bonds is 9. The van der Waals surface area contributed by atoms with Crippen LogP contribution in [0, 0.1) is 5.92 Å². The maximum Gasteiger partial charge on any atom is 0.0591 e. The van der Waals surface area contributed by atoms with Crippen molar-refractivity contribution in [2.75, 3.05) is 46.4 Å². The summed E-state index contributed by atoms with van der Waals surface area (Å²) in [5.74, 6) is 0.640. The second kappa shape index (κ2) is 9.44. The Hall–Kier alpha value is -0.120. The van der Waals surface area contributed by atoms with Gasteiger partial charge in [-0.15, -0.1) is 0 Å². The molecule has 0 aromatic rings. The minimum Gasteiger partial charge on any atom is -0.380 e. The highest BCUT2D eigenvalue weighted by Gasteiger charge is 1.94. The van der Waals surface area contributed by atoms with Gasteiger partial charge in [-0.25, -0.2) is 0 Å². The molecule has 0 rings (SSSR count). The Kier molecular flexibility index (Phi) is 9.35. The van der Waals surface area contributed by atoms with Crippen molar-refractivity contribution in [3.8, 4) is 0 Å². The molecule has 0 heterocycles. The maximum absolute atomic E-state index is 5.45. The van der Waals surface area contributed by atoms with Gasteiger partial charge in [-0.3, -0.25) is 0 Å². The Bertz CT molecular complexity index is 118. The van der Waals surface area contributed by atoms with Crippen molar-refractivity contribution >= 4 is 0 Å². The summed E-state index contributed by atoms with van der Waals surface area (Å²) in [6, 6.07) is 0. The van der Waals surface area contributed by atoms with E-state index in [0.29, 0.717) is 5.92 Å².